The number of rotatable bonds is 3. The molecule has 0 atom stereocenters. The first-order chi connectivity index (χ1) is 9.77. The number of benzene rings is 1. The van der Waals surface area contributed by atoms with Crippen molar-refractivity contribution in [3.8, 4) is 0 Å². The molecule has 0 fully saturated rings. The van der Waals surface area contributed by atoms with E-state index >= 15 is 0 Å². The lowest BCUT2D eigenvalue weighted by molar-refractivity contribution is 0.387. The van der Waals surface area contributed by atoms with Crippen molar-refractivity contribution in [1.82, 2.24) is 9.97 Å². The molecule has 0 aliphatic rings. The predicted octanol–water partition coefficient (Wildman–Crippen LogP) is 0.153. The Balaban J connectivity index is 2.30. The van der Waals surface area contributed by atoms with Crippen molar-refractivity contribution < 1.29 is 14.4 Å². The summed E-state index contributed by atoms with van der Waals surface area (Å²) in [6.07, 6.45) is 0. The van der Waals surface area contributed by atoms with Crippen molar-refractivity contribution in [3.63, 3.8) is 0 Å². The predicted molar refractivity (Wildman–Crippen MR) is 76.0 cm³/mol. The number of azo groups is 1. The van der Waals surface area contributed by atoms with E-state index in [9.17, 15) is 9.36 Å². The van der Waals surface area contributed by atoms with Gasteiger partial charge in [0, 0.05) is 0 Å². The SMILES string of the molecule is Nc1nc(N)c(N=Nc2ccc(P(=O)(O)O)cc2)c(=O)[nH]1. The highest BCUT2D eigenvalue weighted by atomic mass is 31.2. The molecule has 0 saturated heterocycles. The quantitative estimate of drug-likeness (QED) is 0.395. The van der Waals surface area contributed by atoms with Crippen molar-refractivity contribution >= 4 is 36.0 Å². The van der Waals surface area contributed by atoms with Crippen LogP contribution in [0.2, 0.25) is 0 Å². The van der Waals surface area contributed by atoms with Crippen molar-refractivity contribution in [3.05, 3.63) is 34.6 Å². The molecule has 110 valence electrons. The Labute approximate surface area is 117 Å². The molecule has 0 saturated carbocycles. The molecule has 21 heavy (non-hydrogen) atoms. The third kappa shape index (κ3) is 3.51. The zero-order chi connectivity index (χ0) is 15.6. The van der Waals surface area contributed by atoms with Gasteiger partial charge in [-0.3, -0.25) is 14.3 Å². The smallest absolute Gasteiger partial charge is 0.356 e. The van der Waals surface area contributed by atoms with Crippen LogP contribution in [0.25, 0.3) is 0 Å². The lowest BCUT2D eigenvalue weighted by Crippen LogP contribution is -2.12. The molecule has 7 N–H and O–H groups in total. The fraction of sp³-hybridized carbons (Fsp3) is 0. The van der Waals surface area contributed by atoms with Gasteiger partial charge in [0.2, 0.25) is 5.95 Å². The summed E-state index contributed by atoms with van der Waals surface area (Å²) in [4.78, 5) is 35.3. The van der Waals surface area contributed by atoms with E-state index in [0.717, 1.165) is 0 Å². The standard InChI is InChI=1S/C10H11N6O4P/c11-8-7(9(17)14-10(12)13-8)16-15-5-1-3-6(4-2-5)21(18,19)20/h1-4H,(H2,18,19,20)(H5,11,12,13,14,17). The maximum atomic E-state index is 11.6. The van der Waals surface area contributed by atoms with Gasteiger partial charge in [-0.15, -0.1) is 5.11 Å². The molecule has 10 nitrogen and oxygen atoms in total. The number of nitrogens with one attached hydrogen (secondary N) is 1. The van der Waals surface area contributed by atoms with Gasteiger partial charge in [-0.25, -0.2) is 0 Å². The van der Waals surface area contributed by atoms with Gasteiger partial charge in [0.25, 0.3) is 5.56 Å². The first kappa shape index (κ1) is 14.9. The monoisotopic (exact) mass is 310 g/mol. The maximum absolute atomic E-state index is 11.6. The van der Waals surface area contributed by atoms with E-state index in [-0.39, 0.29) is 28.4 Å². The minimum absolute atomic E-state index is 0.137. The van der Waals surface area contributed by atoms with Gasteiger partial charge in [0.1, 0.15) is 0 Å². The van der Waals surface area contributed by atoms with Gasteiger partial charge in [-0.1, -0.05) is 0 Å². The number of hydrogen-bond donors (Lipinski definition) is 5. The fourth-order valence-electron chi connectivity index (χ4n) is 1.42. The fourth-order valence-corrected chi connectivity index (χ4v) is 1.96. The topological polar surface area (TPSA) is 180 Å². The average Bonchev–Trinajstić information content (AvgIpc) is 2.37. The number of nitrogens with zero attached hydrogens (tertiary/aromatic N) is 3. The second-order valence-electron chi connectivity index (χ2n) is 3.95. The summed E-state index contributed by atoms with van der Waals surface area (Å²) in [5, 5.41) is 7.25. The van der Waals surface area contributed by atoms with Gasteiger partial charge < -0.3 is 21.3 Å². The highest BCUT2D eigenvalue weighted by molar-refractivity contribution is 7.60. The number of aromatic amines is 1. The molecule has 1 heterocycles. The minimum Gasteiger partial charge on any atom is -0.382 e. The summed E-state index contributed by atoms with van der Waals surface area (Å²) in [5.41, 5.74) is 10.2. The molecule has 11 heteroatoms. The van der Waals surface area contributed by atoms with Gasteiger partial charge in [0.05, 0.1) is 11.0 Å². The highest BCUT2D eigenvalue weighted by Gasteiger charge is 2.16. The number of aromatic nitrogens is 2. The molecule has 0 spiro atoms. The summed E-state index contributed by atoms with van der Waals surface area (Å²) < 4.78 is 11.0. The number of hydrogen-bond acceptors (Lipinski definition) is 7. The van der Waals surface area contributed by atoms with Crippen LogP contribution in [0.5, 0.6) is 0 Å². The normalized spacial score (nSPS) is 11.9. The molecule has 1 aromatic heterocycles. The minimum atomic E-state index is -4.31. The molecule has 0 unspecified atom stereocenters. The second kappa shape index (κ2) is 5.44. The van der Waals surface area contributed by atoms with Crippen LogP contribution in [0.1, 0.15) is 0 Å². The van der Waals surface area contributed by atoms with Crippen LogP contribution in [0.15, 0.2) is 39.3 Å². The summed E-state index contributed by atoms with van der Waals surface area (Å²) in [6.45, 7) is 0. The summed E-state index contributed by atoms with van der Waals surface area (Å²) in [7, 11) is -4.31. The van der Waals surface area contributed by atoms with Gasteiger partial charge >= 0.3 is 7.60 Å². The molecule has 1 aromatic carbocycles. The molecule has 0 radical (unpaired) electrons. The van der Waals surface area contributed by atoms with Crippen molar-refractivity contribution in [2.45, 2.75) is 0 Å². The average molecular weight is 310 g/mol. The molecular formula is C10H11N6O4P. The highest BCUT2D eigenvalue weighted by Crippen LogP contribution is 2.33. The van der Waals surface area contributed by atoms with E-state index in [1.165, 1.54) is 24.3 Å². The summed E-state index contributed by atoms with van der Waals surface area (Å²) >= 11 is 0. The zero-order valence-electron chi connectivity index (χ0n) is 10.5. The molecule has 0 aliphatic heterocycles. The third-order valence-electron chi connectivity index (χ3n) is 2.39. The molecule has 2 aromatic rings. The van der Waals surface area contributed by atoms with Crippen molar-refractivity contribution in [2.75, 3.05) is 11.5 Å². The first-order valence-electron chi connectivity index (χ1n) is 5.50. The Kier molecular flexibility index (Phi) is 3.85. The van der Waals surface area contributed by atoms with Crippen molar-refractivity contribution in [1.29, 1.82) is 0 Å². The van der Waals surface area contributed by atoms with Crippen LogP contribution in [-0.2, 0) is 4.57 Å². The number of nitrogens with two attached hydrogens (primary N) is 2. The van der Waals surface area contributed by atoms with Crippen LogP contribution in [0.3, 0.4) is 0 Å². The zero-order valence-corrected chi connectivity index (χ0v) is 11.4. The maximum Gasteiger partial charge on any atom is 0.356 e. The number of H-pyrrole nitrogens is 1. The van der Waals surface area contributed by atoms with Crippen LogP contribution >= 0.6 is 7.60 Å². The van der Waals surface area contributed by atoms with E-state index in [1.807, 2.05) is 0 Å². The Morgan fingerprint density at radius 2 is 1.76 bits per heavy atom. The Bertz CT molecular complexity index is 794. The van der Waals surface area contributed by atoms with E-state index in [1.54, 1.807) is 0 Å². The van der Waals surface area contributed by atoms with Crippen LogP contribution in [-0.4, -0.2) is 19.8 Å². The largest absolute Gasteiger partial charge is 0.382 e. The Hall–Kier alpha value is -2.55. The summed E-state index contributed by atoms with van der Waals surface area (Å²) in [5.74, 6) is -0.311. The molecular weight excluding hydrogens is 299 g/mol. The lowest BCUT2D eigenvalue weighted by atomic mass is 10.3. The van der Waals surface area contributed by atoms with Crippen LogP contribution < -0.4 is 22.3 Å². The van der Waals surface area contributed by atoms with Gasteiger partial charge in [-0.2, -0.15) is 10.1 Å². The van der Waals surface area contributed by atoms with Crippen LogP contribution in [0.4, 0.5) is 23.1 Å². The molecule has 0 aliphatic carbocycles. The first-order valence-corrected chi connectivity index (χ1v) is 7.12. The van der Waals surface area contributed by atoms with Gasteiger partial charge in [0.15, 0.2) is 11.5 Å². The molecule has 0 bridgehead atoms. The lowest BCUT2D eigenvalue weighted by Gasteiger charge is -2.03. The van der Waals surface area contributed by atoms with Gasteiger partial charge in [-0.05, 0) is 24.3 Å². The van der Waals surface area contributed by atoms with E-state index in [4.69, 9.17) is 21.3 Å². The summed E-state index contributed by atoms with van der Waals surface area (Å²) in [6, 6.07) is 5.11. The molecule has 2 rings (SSSR count). The third-order valence-corrected chi connectivity index (χ3v) is 3.36. The Morgan fingerprint density at radius 1 is 1.14 bits per heavy atom. The van der Waals surface area contributed by atoms with Crippen LogP contribution in [0, 0.1) is 0 Å². The number of nitrogen functional groups attached to an aromatic ring is 2. The van der Waals surface area contributed by atoms with Crippen molar-refractivity contribution in [2.24, 2.45) is 10.2 Å². The Morgan fingerprint density at radius 3 is 2.29 bits per heavy atom. The number of anilines is 2. The van der Waals surface area contributed by atoms with E-state index in [0.29, 0.717) is 0 Å². The van der Waals surface area contributed by atoms with E-state index < -0.39 is 13.2 Å². The second-order valence-corrected chi connectivity index (χ2v) is 5.55. The molecule has 0 amide bonds. The van der Waals surface area contributed by atoms with E-state index in [2.05, 4.69) is 20.2 Å².